The number of piperazine rings is 1. The molecule has 8 heteroatoms. The van der Waals surface area contributed by atoms with Crippen LogP contribution in [0.2, 0.25) is 0 Å². The van der Waals surface area contributed by atoms with Crippen LogP contribution in [0.15, 0.2) is 29.4 Å². The molecule has 1 saturated heterocycles. The highest BCUT2D eigenvalue weighted by Gasteiger charge is 2.51. The van der Waals surface area contributed by atoms with E-state index in [9.17, 15) is 9.59 Å². The Hall–Kier alpha value is -2.77. The summed E-state index contributed by atoms with van der Waals surface area (Å²) in [5.74, 6) is 1.75. The Morgan fingerprint density at radius 2 is 2.07 bits per heavy atom. The fourth-order valence-electron chi connectivity index (χ4n) is 4.83. The summed E-state index contributed by atoms with van der Waals surface area (Å²) in [6.07, 6.45) is 3.67. The smallest absolute Gasteiger partial charge is 0.268 e. The first-order chi connectivity index (χ1) is 14.5. The molecule has 2 fully saturated rings. The maximum Gasteiger partial charge on any atom is 0.268 e. The number of amides is 2. The summed E-state index contributed by atoms with van der Waals surface area (Å²) in [4.78, 5) is 30.0. The van der Waals surface area contributed by atoms with E-state index in [0.29, 0.717) is 6.54 Å². The molecule has 162 valence electrons. The van der Waals surface area contributed by atoms with E-state index in [0.717, 1.165) is 42.8 Å². The monoisotopic (exact) mass is 413 g/mol. The molecular formula is C22H31N5O3. The second kappa shape index (κ2) is 8.53. The van der Waals surface area contributed by atoms with E-state index >= 15 is 0 Å². The number of hydrogen-bond acceptors (Lipinski definition) is 6. The largest absolute Gasteiger partial charge is 0.497 e. The van der Waals surface area contributed by atoms with Gasteiger partial charge in [-0.1, -0.05) is 38.8 Å². The highest BCUT2D eigenvalue weighted by Crippen LogP contribution is 2.35. The molecule has 3 atom stereocenters. The number of rotatable bonds is 6. The van der Waals surface area contributed by atoms with Crippen molar-refractivity contribution < 1.29 is 14.3 Å². The maximum absolute atomic E-state index is 13.3. The normalized spacial score (nSPS) is 25.4. The molecule has 3 unspecified atom stereocenters. The van der Waals surface area contributed by atoms with Gasteiger partial charge in [-0.15, -0.1) is 0 Å². The highest BCUT2D eigenvalue weighted by atomic mass is 16.5. The summed E-state index contributed by atoms with van der Waals surface area (Å²) in [6.45, 7) is 4.68. The average Bonchev–Trinajstić information content (AvgIpc) is 3.21. The number of carbonyl (C=O) groups is 2. The van der Waals surface area contributed by atoms with Crippen LogP contribution in [0.25, 0.3) is 0 Å². The summed E-state index contributed by atoms with van der Waals surface area (Å²) < 4.78 is 5.23. The lowest BCUT2D eigenvalue weighted by Gasteiger charge is -2.51. The first-order valence-corrected chi connectivity index (χ1v) is 10.8. The van der Waals surface area contributed by atoms with Crippen molar-refractivity contribution in [1.29, 1.82) is 0 Å². The van der Waals surface area contributed by atoms with Crippen LogP contribution in [0.4, 0.5) is 0 Å². The van der Waals surface area contributed by atoms with Gasteiger partial charge >= 0.3 is 0 Å². The Balaban J connectivity index is 1.44. The van der Waals surface area contributed by atoms with Gasteiger partial charge in [0, 0.05) is 12.5 Å². The Morgan fingerprint density at radius 1 is 1.30 bits per heavy atom. The van der Waals surface area contributed by atoms with Crippen LogP contribution in [0.5, 0.6) is 5.75 Å². The Labute approximate surface area is 177 Å². The lowest BCUT2D eigenvalue weighted by atomic mass is 9.85. The van der Waals surface area contributed by atoms with Crippen molar-refractivity contribution >= 4 is 17.6 Å². The molecule has 1 aromatic carbocycles. The quantitative estimate of drug-likeness (QED) is 0.741. The minimum atomic E-state index is -0.493. The number of ether oxygens (including phenoxy) is 1. The zero-order valence-electron chi connectivity index (χ0n) is 17.9. The third kappa shape index (κ3) is 3.82. The summed E-state index contributed by atoms with van der Waals surface area (Å²) in [5.41, 5.74) is 3.98. The fourth-order valence-corrected chi connectivity index (χ4v) is 4.83. The SMILES string of the molecule is COc1cccc(CNC(=O)CN2C(=O)C3NN=C(C(C)C)N3C3CCCCC32)c1. The van der Waals surface area contributed by atoms with Crippen molar-refractivity contribution in [3.05, 3.63) is 29.8 Å². The number of nitrogens with one attached hydrogen (secondary N) is 2. The van der Waals surface area contributed by atoms with Crippen LogP contribution < -0.4 is 15.5 Å². The van der Waals surface area contributed by atoms with Crippen LogP contribution in [-0.4, -0.2) is 59.4 Å². The van der Waals surface area contributed by atoms with Crippen LogP contribution in [0.3, 0.4) is 0 Å². The van der Waals surface area contributed by atoms with Crippen LogP contribution >= 0.6 is 0 Å². The number of hydrogen-bond donors (Lipinski definition) is 2. The Bertz CT molecular complexity index is 840. The van der Waals surface area contributed by atoms with Gasteiger partial charge in [0.15, 0.2) is 6.17 Å². The number of benzene rings is 1. The second-order valence-electron chi connectivity index (χ2n) is 8.58. The van der Waals surface area contributed by atoms with E-state index in [1.54, 1.807) is 12.0 Å². The topological polar surface area (TPSA) is 86.3 Å². The predicted molar refractivity (Wildman–Crippen MR) is 114 cm³/mol. The summed E-state index contributed by atoms with van der Waals surface area (Å²) in [6, 6.07) is 7.87. The maximum atomic E-state index is 13.3. The van der Waals surface area contributed by atoms with Crippen molar-refractivity contribution in [3.8, 4) is 5.75 Å². The van der Waals surface area contributed by atoms with Crippen molar-refractivity contribution in [2.75, 3.05) is 13.7 Å². The molecule has 30 heavy (non-hydrogen) atoms. The van der Waals surface area contributed by atoms with Crippen LogP contribution in [0, 0.1) is 5.92 Å². The van der Waals surface area contributed by atoms with E-state index in [-0.39, 0.29) is 36.4 Å². The lowest BCUT2D eigenvalue weighted by Crippen LogP contribution is -2.70. The first kappa shape index (κ1) is 20.5. The summed E-state index contributed by atoms with van der Waals surface area (Å²) in [5, 5.41) is 7.41. The molecule has 1 aliphatic carbocycles. The van der Waals surface area contributed by atoms with E-state index in [1.807, 2.05) is 24.3 Å². The van der Waals surface area contributed by atoms with E-state index in [2.05, 4.69) is 34.6 Å². The second-order valence-corrected chi connectivity index (χ2v) is 8.58. The molecule has 0 spiro atoms. The zero-order chi connectivity index (χ0) is 21.3. The molecule has 8 nitrogen and oxygen atoms in total. The van der Waals surface area contributed by atoms with Crippen LogP contribution in [0.1, 0.15) is 45.1 Å². The van der Waals surface area contributed by atoms with Gasteiger partial charge in [0.1, 0.15) is 18.1 Å². The van der Waals surface area contributed by atoms with Crippen molar-refractivity contribution in [1.82, 2.24) is 20.5 Å². The van der Waals surface area contributed by atoms with E-state index in [4.69, 9.17) is 4.74 Å². The van der Waals surface area contributed by atoms with Gasteiger partial charge in [-0.05, 0) is 30.5 Å². The molecule has 1 saturated carbocycles. The summed E-state index contributed by atoms with van der Waals surface area (Å²) >= 11 is 0. The van der Waals surface area contributed by atoms with Crippen molar-refractivity contribution in [2.45, 2.75) is 64.3 Å². The van der Waals surface area contributed by atoms with Crippen molar-refractivity contribution in [3.63, 3.8) is 0 Å². The molecule has 2 aliphatic heterocycles. The molecule has 0 radical (unpaired) electrons. The van der Waals surface area contributed by atoms with Gasteiger partial charge < -0.3 is 19.9 Å². The standard InChI is InChI=1S/C22H31N5O3/c1-14(2)20-24-25-21-22(29)26(17-9-4-5-10-18(17)27(20)21)13-19(28)23-12-15-7-6-8-16(11-15)30-3/h6-8,11,14,17-18,21,25H,4-5,9-10,12-13H2,1-3H3,(H,23,28). The number of methoxy groups -OCH3 is 1. The van der Waals surface area contributed by atoms with Gasteiger partial charge in [-0.25, -0.2) is 0 Å². The van der Waals surface area contributed by atoms with E-state index < -0.39 is 6.17 Å². The first-order valence-electron chi connectivity index (χ1n) is 10.8. The van der Waals surface area contributed by atoms with Gasteiger partial charge in [0.2, 0.25) is 5.91 Å². The zero-order valence-corrected chi connectivity index (χ0v) is 17.9. The number of nitrogens with zero attached hydrogens (tertiary/aromatic N) is 3. The molecule has 3 aliphatic rings. The molecule has 4 rings (SSSR count). The predicted octanol–water partition coefficient (Wildman–Crippen LogP) is 1.67. The molecule has 1 aromatic rings. The Morgan fingerprint density at radius 3 is 2.80 bits per heavy atom. The highest BCUT2D eigenvalue weighted by molar-refractivity contribution is 5.96. The van der Waals surface area contributed by atoms with Crippen LogP contribution in [-0.2, 0) is 16.1 Å². The molecular weight excluding hydrogens is 382 g/mol. The third-order valence-corrected chi connectivity index (χ3v) is 6.27. The number of carbonyl (C=O) groups excluding carboxylic acids is 2. The minimum Gasteiger partial charge on any atom is -0.497 e. The molecule has 0 bridgehead atoms. The lowest BCUT2D eigenvalue weighted by molar-refractivity contribution is -0.152. The minimum absolute atomic E-state index is 0.0499. The Kier molecular flexibility index (Phi) is 5.83. The molecule has 2 amide bonds. The molecule has 2 N–H and O–H groups in total. The van der Waals surface area contributed by atoms with Gasteiger partial charge in [-0.3, -0.25) is 15.0 Å². The average molecular weight is 414 g/mol. The molecule has 2 heterocycles. The van der Waals surface area contributed by atoms with Gasteiger partial charge in [0.05, 0.1) is 19.2 Å². The number of hydrazone groups is 1. The number of amidine groups is 1. The fraction of sp³-hybridized carbons (Fsp3) is 0.591. The summed E-state index contributed by atoms with van der Waals surface area (Å²) in [7, 11) is 1.62. The van der Waals surface area contributed by atoms with E-state index in [1.165, 1.54) is 0 Å². The third-order valence-electron chi connectivity index (χ3n) is 6.27. The van der Waals surface area contributed by atoms with Gasteiger partial charge in [0.25, 0.3) is 5.91 Å². The number of fused-ring (bicyclic) bond motifs is 3. The van der Waals surface area contributed by atoms with Gasteiger partial charge in [-0.2, -0.15) is 5.10 Å². The molecule has 0 aromatic heterocycles. The van der Waals surface area contributed by atoms with Crippen molar-refractivity contribution in [2.24, 2.45) is 11.0 Å².